The van der Waals surface area contributed by atoms with Crippen molar-refractivity contribution in [3.05, 3.63) is 0 Å². The van der Waals surface area contributed by atoms with Crippen molar-refractivity contribution in [3.63, 3.8) is 0 Å². The molecule has 0 aliphatic carbocycles. The van der Waals surface area contributed by atoms with Crippen LogP contribution in [0.2, 0.25) is 0 Å². The van der Waals surface area contributed by atoms with Gasteiger partial charge < -0.3 is 21.5 Å². The van der Waals surface area contributed by atoms with E-state index < -0.39 is 18.4 Å². The molecule has 0 radical (unpaired) electrons. The second kappa shape index (κ2) is 7.73. The molecule has 0 saturated heterocycles. The van der Waals surface area contributed by atoms with Crippen molar-refractivity contribution >= 4 is 17.8 Å². The van der Waals surface area contributed by atoms with E-state index in [0.29, 0.717) is 6.42 Å². The SMILES string of the molecule is CC(C)(C)CC(N)CC(=O)NCC(=O)NCC(=O)O. The van der Waals surface area contributed by atoms with E-state index in [1.54, 1.807) is 0 Å². The molecule has 0 spiro atoms. The largest absolute Gasteiger partial charge is 0.480 e. The lowest BCUT2D eigenvalue weighted by Gasteiger charge is -2.22. The van der Waals surface area contributed by atoms with Gasteiger partial charge >= 0.3 is 5.97 Å². The minimum absolute atomic E-state index is 0.0402. The van der Waals surface area contributed by atoms with Crippen molar-refractivity contribution in [1.82, 2.24) is 10.6 Å². The Bertz CT molecular complexity index is 336. The summed E-state index contributed by atoms with van der Waals surface area (Å²) in [6.45, 7) is 5.39. The Hall–Kier alpha value is -1.63. The van der Waals surface area contributed by atoms with Crippen molar-refractivity contribution in [2.75, 3.05) is 13.1 Å². The van der Waals surface area contributed by atoms with Crippen molar-refractivity contribution in [2.45, 2.75) is 39.7 Å². The third-order valence-electron chi connectivity index (χ3n) is 2.21. The number of hydrogen-bond acceptors (Lipinski definition) is 4. The van der Waals surface area contributed by atoms with E-state index in [0.717, 1.165) is 0 Å². The molecule has 0 heterocycles. The average Bonchev–Trinajstić information content (AvgIpc) is 2.20. The summed E-state index contributed by atoms with van der Waals surface area (Å²) < 4.78 is 0. The van der Waals surface area contributed by atoms with Crippen LogP contribution < -0.4 is 16.4 Å². The third kappa shape index (κ3) is 11.2. The highest BCUT2D eigenvalue weighted by molar-refractivity contribution is 5.86. The molecule has 1 atom stereocenters. The van der Waals surface area contributed by atoms with Crippen LogP contribution >= 0.6 is 0 Å². The molecule has 110 valence electrons. The third-order valence-corrected chi connectivity index (χ3v) is 2.21. The predicted molar refractivity (Wildman–Crippen MR) is 70.3 cm³/mol. The van der Waals surface area contributed by atoms with Crippen LogP contribution in [0, 0.1) is 5.41 Å². The molecule has 0 aliphatic heterocycles. The number of hydrogen-bond donors (Lipinski definition) is 4. The first-order valence-corrected chi connectivity index (χ1v) is 6.11. The van der Waals surface area contributed by atoms with Gasteiger partial charge in [0, 0.05) is 12.5 Å². The van der Waals surface area contributed by atoms with Crippen LogP contribution in [-0.4, -0.2) is 42.0 Å². The molecule has 0 aliphatic rings. The second-order valence-corrected chi connectivity index (χ2v) is 5.68. The zero-order valence-electron chi connectivity index (χ0n) is 11.7. The Morgan fingerprint density at radius 2 is 1.63 bits per heavy atom. The number of amides is 2. The van der Waals surface area contributed by atoms with Crippen molar-refractivity contribution in [1.29, 1.82) is 0 Å². The van der Waals surface area contributed by atoms with Gasteiger partial charge in [-0.15, -0.1) is 0 Å². The van der Waals surface area contributed by atoms with E-state index >= 15 is 0 Å². The van der Waals surface area contributed by atoms with Gasteiger partial charge in [0.05, 0.1) is 6.54 Å². The maximum absolute atomic E-state index is 11.5. The summed E-state index contributed by atoms with van der Waals surface area (Å²) in [5.41, 5.74) is 5.87. The van der Waals surface area contributed by atoms with Gasteiger partial charge in [0.2, 0.25) is 11.8 Å². The first-order chi connectivity index (χ1) is 8.60. The summed E-state index contributed by atoms with van der Waals surface area (Å²) in [5, 5.41) is 12.9. The van der Waals surface area contributed by atoms with Gasteiger partial charge in [-0.1, -0.05) is 20.8 Å². The van der Waals surface area contributed by atoms with Crippen LogP contribution in [-0.2, 0) is 14.4 Å². The van der Waals surface area contributed by atoms with Crippen LogP contribution in [0.1, 0.15) is 33.6 Å². The van der Waals surface area contributed by atoms with E-state index in [9.17, 15) is 14.4 Å². The molecule has 7 nitrogen and oxygen atoms in total. The van der Waals surface area contributed by atoms with Crippen LogP contribution in [0.4, 0.5) is 0 Å². The number of carboxylic acid groups (broad SMARTS) is 1. The fraction of sp³-hybridized carbons (Fsp3) is 0.750. The summed E-state index contributed by atoms with van der Waals surface area (Å²) in [5.74, 6) is -1.99. The van der Waals surface area contributed by atoms with E-state index in [1.165, 1.54) is 0 Å². The maximum atomic E-state index is 11.5. The van der Waals surface area contributed by atoms with Gasteiger partial charge in [0.25, 0.3) is 0 Å². The molecule has 19 heavy (non-hydrogen) atoms. The van der Waals surface area contributed by atoms with Crippen LogP contribution in [0.15, 0.2) is 0 Å². The fourth-order valence-corrected chi connectivity index (χ4v) is 1.58. The van der Waals surface area contributed by atoms with Crippen LogP contribution in [0.5, 0.6) is 0 Å². The monoisotopic (exact) mass is 273 g/mol. The number of nitrogens with two attached hydrogens (primary N) is 1. The minimum Gasteiger partial charge on any atom is -0.480 e. The summed E-state index contributed by atoms with van der Waals surface area (Å²) in [7, 11) is 0. The Morgan fingerprint density at radius 1 is 1.11 bits per heavy atom. The highest BCUT2D eigenvalue weighted by Gasteiger charge is 2.18. The normalized spacial score (nSPS) is 12.6. The summed E-state index contributed by atoms with van der Waals surface area (Å²) >= 11 is 0. The van der Waals surface area contributed by atoms with E-state index in [2.05, 4.69) is 10.6 Å². The number of carbonyl (C=O) groups excluding carboxylic acids is 2. The smallest absolute Gasteiger partial charge is 0.322 e. The first kappa shape index (κ1) is 17.4. The van der Waals surface area contributed by atoms with Gasteiger partial charge in [-0.2, -0.15) is 0 Å². The molecule has 2 amide bonds. The van der Waals surface area contributed by atoms with Gasteiger partial charge in [-0.25, -0.2) is 0 Å². The lowest BCUT2D eigenvalue weighted by atomic mass is 9.87. The molecular weight excluding hydrogens is 250 g/mol. The number of rotatable bonds is 7. The van der Waals surface area contributed by atoms with Crippen molar-refractivity contribution < 1.29 is 19.5 Å². The van der Waals surface area contributed by atoms with Gasteiger partial charge in [-0.05, 0) is 11.8 Å². The molecule has 0 fully saturated rings. The van der Waals surface area contributed by atoms with Gasteiger partial charge in [0.1, 0.15) is 6.54 Å². The second-order valence-electron chi connectivity index (χ2n) is 5.68. The topological polar surface area (TPSA) is 122 Å². The number of carbonyl (C=O) groups is 3. The Labute approximate surface area is 112 Å². The standard InChI is InChI=1S/C12H23N3O4/c1-12(2,3)5-8(13)4-9(16)14-6-10(17)15-7-11(18)19/h8H,4-7,13H2,1-3H3,(H,14,16)(H,15,17)(H,18,19). The van der Waals surface area contributed by atoms with Gasteiger partial charge in [0.15, 0.2) is 0 Å². The first-order valence-electron chi connectivity index (χ1n) is 6.11. The molecule has 0 aromatic heterocycles. The zero-order valence-corrected chi connectivity index (χ0v) is 11.7. The van der Waals surface area contributed by atoms with Crippen molar-refractivity contribution in [2.24, 2.45) is 11.1 Å². The van der Waals surface area contributed by atoms with Gasteiger partial charge in [-0.3, -0.25) is 14.4 Å². The van der Waals surface area contributed by atoms with E-state index in [4.69, 9.17) is 10.8 Å². The predicted octanol–water partition coefficient (Wildman–Crippen LogP) is -0.543. The van der Waals surface area contributed by atoms with Crippen LogP contribution in [0.3, 0.4) is 0 Å². The lowest BCUT2D eigenvalue weighted by molar-refractivity contribution is -0.137. The Balaban J connectivity index is 3.86. The molecule has 0 rings (SSSR count). The number of carboxylic acids is 1. The Kier molecular flexibility index (Phi) is 7.06. The summed E-state index contributed by atoms with van der Waals surface area (Å²) in [4.78, 5) is 32.8. The molecule has 0 bridgehead atoms. The molecule has 5 N–H and O–H groups in total. The van der Waals surface area contributed by atoms with E-state index in [1.807, 2.05) is 20.8 Å². The highest BCUT2D eigenvalue weighted by atomic mass is 16.4. The lowest BCUT2D eigenvalue weighted by Crippen LogP contribution is -2.41. The van der Waals surface area contributed by atoms with E-state index in [-0.39, 0.29) is 30.3 Å². The number of nitrogens with one attached hydrogen (secondary N) is 2. The summed E-state index contributed by atoms with van der Waals surface area (Å²) in [6, 6.07) is -0.262. The molecule has 0 aromatic carbocycles. The zero-order chi connectivity index (χ0) is 15.1. The summed E-state index contributed by atoms with van der Waals surface area (Å²) in [6.07, 6.45) is 0.842. The highest BCUT2D eigenvalue weighted by Crippen LogP contribution is 2.20. The average molecular weight is 273 g/mol. The fourth-order valence-electron chi connectivity index (χ4n) is 1.58. The number of aliphatic carboxylic acids is 1. The quantitative estimate of drug-likeness (QED) is 0.496. The molecule has 0 aromatic rings. The maximum Gasteiger partial charge on any atom is 0.322 e. The molecule has 7 heteroatoms. The van der Waals surface area contributed by atoms with Crippen LogP contribution in [0.25, 0.3) is 0 Å². The van der Waals surface area contributed by atoms with Crippen molar-refractivity contribution in [3.8, 4) is 0 Å². The molecular formula is C12H23N3O4. The molecule has 0 saturated carbocycles. The Morgan fingerprint density at radius 3 is 2.11 bits per heavy atom. The minimum atomic E-state index is -1.13. The molecule has 1 unspecified atom stereocenters.